The molecule has 0 radical (unpaired) electrons. The van der Waals surface area contributed by atoms with Crippen molar-refractivity contribution in [2.45, 2.75) is 89.2 Å². The van der Waals surface area contributed by atoms with Crippen LogP contribution in [0.15, 0.2) is 30.7 Å². The second-order valence-electron chi connectivity index (χ2n) is 13.0. The first-order valence-electron chi connectivity index (χ1n) is 16.1. The Morgan fingerprint density at radius 3 is 2.51 bits per heavy atom. The van der Waals surface area contributed by atoms with E-state index in [4.69, 9.17) is 15.5 Å². The number of imide groups is 1. The van der Waals surface area contributed by atoms with E-state index in [1.807, 2.05) is 24.4 Å². The van der Waals surface area contributed by atoms with E-state index in [2.05, 4.69) is 20.5 Å². The fourth-order valence-corrected chi connectivity index (χ4v) is 7.02. The van der Waals surface area contributed by atoms with Gasteiger partial charge in [-0.25, -0.2) is 9.37 Å². The maximum absolute atomic E-state index is 15.1. The second-order valence-corrected chi connectivity index (χ2v) is 13.0. The molecule has 1 saturated carbocycles. The fraction of sp³-hybridized carbons (Fsp3) is 0.545. The number of hydrogen-bond donors (Lipinski definition) is 3. The number of anilines is 1. The van der Waals surface area contributed by atoms with Gasteiger partial charge in [-0.15, -0.1) is 0 Å². The number of aromatic nitrogens is 3. The summed E-state index contributed by atoms with van der Waals surface area (Å²) in [6, 6.07) is 2.64. The predicted octanol–water partition coefficient (Wildman–Crippen LogP) is 4.13. The van der Waals surface area contributed by atoms with Crippen LogP contribution in [0.5, 0.6) is 5.75 Å². The Kier molecular flexibility index (Phi) is 9.02. The molecule has 11 nitrogen and oxygen atoms in total. The summed E-state index contributed by atoms with van der Waals surface area (Å²) >= 11 is 0. The molecule has 45 heavy (non-hydrogen) atoms. The number of nitrogens with two attached hydrogens (primary N) is 1. The van der Waals surface area contributed by atoms with Crippen molar-refractivity contribution in [2.24, 2.45) is 11.7 Å². The van der Waals surface area contributed by atoms with Crippen LogP contribution in [-0.4, -0.2) is 68.8 Å². The first-order chi connectivity index (χ1) is 21.6. The average Bonchev–Trinajstić information content (AvgIpc) is 3.42. The van der Waals surface area contributed by atoms with Crippen molar-refractivity contribution in [2.75, 3.05) is 25.0 Å². The van der Waals surface area contributed by atoms with E-state index in [9.17, 15) is 14.4 Å². The lowest BCUT2D eigenvalue weighted by molar-refractivity contribution is -0.133. The summed E-state index contributed by atoms with van der Waals surface area (Å²) in [7, 11) is 0. The Bertz CT molecular complexity index is 1570. The van der Waals surface area contributed by atoms with Crippen molar-refractivity contribution in [3.05, 3.63) is 53.5 Å². The molecule has 240 valence electrons. The first-order valence-corrected chi connectivity index (χ1v) is 16.1. The van der Waals surface area contributed by atoms with Crippen LogP contribution in [0.4, 0.5) is 10.1 Å². The molecule has 1 unspecified atom stereocenters. The highest BCUT2D eigenvalue weighted by Gasteiger charge is 2.30. The van der Waals surface area contributed by atoms with Gasteiger partial charge >= 0.3 is 0 Å². The van der Waals surface area contributed by atoms with Crippen molar-refractivity contribution in [3.8, 4) is 5.75 Å². The number of nitrogens with zero attached hydrogens (tertiary/aromatic N) is 4. The number of pyridine rings is 2. The van der Waals surface area contributed by atoms with Gasteiger partial charge in [0.2, 0.25) is 11.8 Å². The topological polar surface area (TPSA) is 144 Å². The number of hydrogen-bond acceptors (Lipinski definition) is 8. The highest BCUT2D eigenvalue weighted by atomic mass is 19.1. The molecule has 6 rings (SSSR count). The van der Waals surface area contributed by atoms with Crippen LogP contribution >= 0.6 is 0 Å². The number of rotatable bonds is 9. The number of fused-ring (bicyclic) bond motifs is 1. The molecule has 2 aliphatic heterocycles. The molecule has 2 saturated heterocycles. The third kappa shape index (κ3) is 7.11. The fourth-order valence-electron chi connectivity index (χ4n) is 7.02. The van der Waals surface area contributed by atoms with Crippen molar-refractivity contribution in [1.29, 1.82) is 0 Å². The van der Waals surface area contributed by atoms with Gasteiger partial charge in [0.15, 0.2) is 0 Å². The van der Waals surface area contributed by atoms with Crippen LogP contribution in [0.3, 0.4) is 0 Å². The molecule has 3 fully saturated rings. The van der Waals surface area contributed by atoms with Crippen molar-refractivity contribution in [3.63, 3.8) is 0 Å². The van der Waals surface area contributed by atoms with Crippen LogP contribution in [0, 0.1) is 11.7 Å². The third-order valence-electron chi connectivity index (χ3n) is 9.41. The lowest BCUT2D eigenvalue weighted by Gasteiger charge is -2.36. The zero-order valence-electron chi connectivity index (χ0n) is 25.9. The van der Waals surface area contributed by atoms with Gasteiger partial charge in [-0.3, -0.25) is 24.7 Å². The van der Waals surface area contributed by atoms with Gasteiger partial charge in [0.25, 0.3) is 5.91 Å². The average molecular weight is 620 g/mol. The molecule has 12 heteroatoms. The smallest absolute Gasteiger partial charge is 0.253 e. The van der Waals surface area contributed by atoms with Crippen molar-refractivity contribution < 1.29 is 23.5 Å². The first kappa shape index (κ1) is 30.9. The summed E-state index contributed by atoms with van der Waals surface area (Å²) in [6.45, 7) is 6.70. The summed E-state index contributed by atoms with van der Waals surface area (Å²) in [5, 5.41) is 5.31. The molecule has 5 heterocycles. The van der Waals surface area contributed by atoms with Crippen molar-refractivity contribution in [1.82, 2.24) is 24.6 Å². The quantitative estimate of drug-likeness (QED) is 0.304. The highest BCUT2D eigenvalue weighted by Crippen LogP contribution is 2.37. The highest BCUT2D eigenvalue weighted by molar-refractivity contribution is 6.01. The molecular weight excluding hydrogens is 577 g/mol. The van der Waals surface area contributed by atoms with Gasteiger partial charge in [-0.1, -0.05) is 0 Å². The maximum atomic E-state index is 15.1. The molecule has 3 aromatic rings. The molecule has 3 aromatic heterocycles. The summed E-state index contributed by atoms with van der Waals surface area (Å²) < 4.78 is 22.8. The third-order valence-corrected chi connectivity index (χ3v) is 9.41. The van der Waals surface area contributed by atoms with Gasteiger partial charge in [0, 0.05) is 49.3 Å². The van der Waals surface area contributed by atoms with Crippen LogP contribution in [0.25, 0.3) is 5.65 Å². The SMILES string of the molecule is CC(C)Oc1cc2nc(C3CCC(CN4CCC(c5ncc(NC6CCC(=O)NC6=O)cc5F)CC4)CC3)cn2cc1C(N)=O. The van der Waals surface area contributed by atoms with Crippen molar-refractivity contribution >= 4 is 29.1 Å². The Morgan fingerprint density at radius 2 is 1.84 bits per heavy atom. The van der Waals surface area contributed by atoms with E-state index < -0.39 is 17.9 Å². The van der Waals surface area contributed by atoms with E-state index >= 15 is 4.39 Å². The number of carbonyl (C=O) groups excluding carboxylic acids is 3. The van der Waals surface area contributed by atoms with Gasteiger partial charge in [0.05, 0.1) is 34.9 Å². The van der Waals surface area contributed by atoms with Gasteiger partial charge in [0.1, 0.15) is 23.3 Å². The lowest BCUT2D eigenvalue weighted by Crippen LogP contribution is -2.47. The van der Waals surface area contributed by atoms with Crippen LogP contribution in [0.1, 0.15) is 98.8 Å². The second kappa shape index (κ2) is 13.1. The Labute approximate surface area is 262 Å². The molecule has 1 atom stereocenters. The number of imidazole rings is 1. The summed E-state index contributed by atoms with van der Waals surface area (Å²) in [5.41, 5.74) is 8.69. The zero-order valence-corrected chi connectivity index (χ0v) is 25.9. The lowest BCUT2D eigenvalue weighted by atomic mass is 9.80. The number of carbonyl (C=O) groups is 3. The van der Waals surface area contributed by atoms with E-state index in [0.717, 1.165) is 69.5 Å². The number of halogens is 1. The molecule has 0 bridgehead atoms. The number of nitrogens with one attached hydrogen (secondary N) is 2. The summed E-state index contributed by atoms with van der Waals surface area (Å²) in [4.78, 5) is 47.2. The zero-order chi connectivity index (χ0) is 31.7. The van der Waals surface area contributed by atoms with Gasteiger partial charge < -0.3 is 25.1 Å². The van der Waals surface area contributed by atoms with E-state index in [1.165, 1.54) is 6.07 Å². The van der Waals surface area contributed by atoms with E-state index in [-0.39, 0.29) is 30.2 Å². The summed E-state index contributed by atoms with van der Waals surface area (Å²) in [5.74, 6) is -0.0244. The maximum Gasteiger partial charge on any atom is 0.253 e. The molecule has 3 aliphatic rings. The molecule has 4 N–H and O–H groups in total. The molecule has 1 aliphatic carbocycles. The number of ether oxygens (including phenoxy) is 1. The minimum Gasteiger partial charge on any atom is -0.490 e. The monoisotopic (exact) mass is 619 g/mol. The van der Waals surface area contributed by atoms with Crippen LogP contribution in [0.2, 0.25) is 0 Å². The van der Waals surface area contributed by atoms with Crippen LogP contribution in [-0.2, 0) is 9.59 Å². The summed E-state index contributed by atoms with van der Waals surface area (Å²) in [6.07, 6.45) is 12.0. The van der Waals surface area contributed by atoms with E-state index in [1.54, 1.807) is 18.5 Å². The number of primary amides is 1. The molecule has 0 aromatic carbocycles. The van der Waals surface area contributed by atoms with Gasteiger partial charge in [-0.05, 0) is 77.8 Å². The number of likely N-dealkylation sites (tertiary alicyclic amines) is 1. The number of amides is 3. The van der Waals surface area contributed by atoms with Gasteiger partial charge in [-0.2, -0.15) is 0 Å². The standard InChI is InChI=1S/C33H42FN7O4/c1-19(2)45-28-14-29-38-27(18-41(29)17-24(28)32(35)43)21-5-3-20(4-6-21)16-40-11-9-22(10-12-40)31-25(34)13-23(15-36-31)37-26-7-8-30(42)39-33(26)44/h13-15,17-22,26,37H,3-12,16H2,1-2H3,(H2,35,43)(H,39,42,44). The normalized spacial score (nSPS) is 23.3. The Hall–Kier alpha value is -4.06. The number of piperidine rings is 2. The minimum absolute atomic E-state index is 0.0678. The minimum atomic E-state index is -0.568. The molecule has 0 spiro atoms. The Balaban J connectivity index is 0.986. The molecule has 3 amide bonds. The Morgan fingerprint density at radius 1 is 1.09 bits per heavy atom. The van der Waals surface area contributed by atoms with E-state index in [0.29, 0.717) is 41.0 Å². The van der Waals surface area contributed by atoms with Crippen LogP contribution < -0.4 is 21.1 Å². The largest absolute Gasteiger partial charge is 0.490 e. The predicted molar refractivity (Wildman–Crippen MR) is 167 cm³/mol. The molecular formula is C33H42FN7O4.